The van der Waals surface area contributed by atoms with Crippen LogP contribution in [0.3, 0.4) is 0 Å². The van der Waals surface area contributed by atoms with Gasteiger partial charge in [0.15, 0.2) is 6.10 Å². The molecule has 198 valence electrons. The molecule has 6 rings (SSSR count). The molecular formula is C30H43NO5. The first-order chi connectivity index (χ1) is 17.0. The van der Waals surface area contributed by atoms with Crippen molar-refractivity contribution in [3.05, 3.63) is 35.4 Å². The van der Waals surface area contributed by atoms with E-state index in [1.54, 1.807) is 0 Å². The zero-order valence-electron chi connectivity index (χ0n) is 22.8. The van der Waals surface area contributed by atoms with Gasteiger partial charge >= 0.3 is 11.9 Å². The summed E-state index contributed by atoms with van der Waals surface area (Å²) in [6.45, 7) is 8.45. The normalized spacial score (nSPS) is 33.1. The zero-order chi connectivity index (χ0) is 25.9. The first-order valence-electron chi connectivity index (χ1n) is 13.7. The minimum Gasteiger partial charge on any atom is -0.469 e. The van der Waals surface area contributed by atoms with Crippen molar-refractivity contribution in [2.24, 2.45) is 29.1 Å². The van der Waals surface area contributed by atoms with Crippen molar-refractivity contribution < 1.29 is 23.9 Å². The molecule has 0 radical (unpaired) electrons. The molecule has 5 aliphatic rings. The molecule has 2 atom stereocenters. The van der Waals surface area contributed by atoms with Crippen LogP contribution in [-0.4, -0.2) is 37.3 Å². The molecule has 0 N–H and O–H groups in total. The first kappa shape index (κ1) is 25.7. The number of fused-ring (bicyclic) bond motifs is 1. The topological polar surface area (TPSA) is 65.1 Å². The molecule has 4 fully saturated rings. The fraction of sp³-hybridized carbons (Fsp3) is 0.733. The van der Waals surface area contributed by atoms with E-state index < -0.39 is 29.1 Å². The number of hydrogen-bond donors (Lipinski definition) is 0. The SMILES string of the molecule is COC(=O)C(CC(ON1C(C)(C)c2ccccc2C1(C)C)C(=O)OC)CC12CC3CC(CC(C3)C1)C2. The van der Waals surface area contributed by atoms with E-state index in [2.05, 4.69) is 39.8 Å². The van der Waals surface area contributed by atoms with Crippen LogP contribution in [0.25, 0.3) is 0 Å². The third-order valence-electron chi connectivity index (χ3n) is 9.84. The monoisotopic (exact) mass is 497 g/mol. The summed E-state index contributed by atoms with van der Waals surface area (Å²) in [7, 11) is 2.84. The molecule has 4 saturated carbocycles. The van der Waals surface area contributed by atoms with Crippen LogP contribution in [0, 0.1) is 29.1 Å². The lowest BCUT2D eigenvalue weighted by Gasteiger charge is -2.57. The number of rotatable bonds is 8. The quantitative estimate of drug-likeness (QED) is 0.427. The summed E-state index contributed by atoms with van der Waals surface area (Å²) >= 11 is 0. The molecule has 0 saturated heterocycles. The number of ether oxygens (including phenoxy) is 2. The maximum absolute atomic E-state index is 13.1. The summed E-state index contributed by atoms with van der Waals surface area (Å²) in [5.74, 6) is 1.31. The Morgan fingerprint density at radius 1 is 0.861 bits per heavy atom. The Labute approximate surface area is 216 Å². The summed E-state index contributed by atoms with van der Waals surface area (Å²) in [5, 5.41) is 1.94. The molecule has 1 aromatic carbocycles. The Balaban J connectivity index is 1.39. The van der Waals surface area contributed by atoms with Crippen LogP contribution in [0.1, 0.15) is 90.2 Å². The second kappa shape index (κ2) is 9.13. The van der Waals surface area contributed by atoms with E-state index >= 15 is 0 Å². The van der Waals surface area contributed by atoms with E-state index in [0.717, 1.165) is 24.2 Å². The van der Waals surface area contributed by atoms with Crippen molar-refractivity contribution in [3.63, 3.8) is 0 Å². The first-order valence-corrected chi connectivity index (χ1v) is 13.7. The Bertz CT molecular complexity index is 944. The summed E-state index contributed by atoms with van der Waals surface area (Å²) in [6, 6.07) is 8.32. The number of esters is 2. The lowest BCUT2D eigenvalue weighted by molar-refractivity contribution is -0.288. The fourth-order valence-corrected chi connectivity index (χ4v) is 8.92. The molecular weight excluding hydrogens is 454 g/mol. The number of hydroxylamine groups is 2. The third-order valence-corrected chi connectivity index (χ3v) is 9.84. The van der Waals surface area contributed by atoms with Gasteiger partial charge in [0.25, 0.3) is 0 Å². The Morgan fingerprint density at radius 2 is 1.33 bits per heavy atom. The lowest BCUT2D eigenvalue weighted by Crippen LogP contribution is -2.50. The molecule has 36 heavy (non-hydrogen) atoms. The van der Waals surface area contributed by atoms with Gasteiger partial charge in [0, 0.05) is 0 Å². The molecule has 2 unspecified atom stereocenters. The summed E-state index contributed by atoms with van der Waals surface area (Å²) in [5.41, 5.74) is 1.64. The number of carbonyl (C=O) groups is 2. The van der Waals surface area contributed by atoms with Crippen LogP contribution in [0.15, 0.2) is 24.3 Å². The molecule has 4 bridgehead atoms. The largest absolute Gasteiger partial charge is 0.469 e. The molecule has 0 aromatic heterocycles. The van der Waals surface area contributed by atoms with Crippen molar-refractivity contribution in [2.75, 3.05) is 14.2 Å². The van der Waals surface area contributed by atoms with Crippen LogP contribution in [0.4, 0.5) is 0 Å². The van der Waals surface area contributed by atoms with Gasteiger partial charge in [0.2, 0.25) is 0 Å². The minimum atomic E-state index is -0.888. The highest BCUT2D eigenvalue weighted by atomic mass is 16.7. The number of hydrogen-bond acceptors (Lipinski definition) is 6. The summed E-state index contributed by atoms with van der Waals surface area (Å²) in [4.78, 5) is 32.8. The number of benzene rings is 1. The number of methoxy groups -OCH3 is 2. The second-order valence-corrected chi connectivity index (χ2v) is 13.2. The van der Waals surface area contributed by atoms with Crippen molar-refractivity contribution in [3.8, 4) is 0 Å². The van der Waals surface area contributed by atoms with E-state index in [-0.39, 0.29) is 17.8 Å². The summed E-state index contributed by atoms with van der Waals surface area (Å²) < 4.78 is 10.5. The zero-order valence-corrected chi connectivity index (χ0v) is 22.8. The highest BCUT2D eigenvalue weighted by Gasteiger charge is 2.54. The highest BCUT2D eigenvalue weighted by molar-refractivity contribution is 5.77. The Morgan fingerprint density at radius 3 is 1.78 bits per heavy atom. The van der Waals surface area contributed by atoms with Gasteiger partial charge in [-0.15, -0.1) is 0 Å². The van der Waals surface area contributed by atoms with Crippen molar-refractivity contribution >= 4 is 11.9 Å². The maximum atomic E-state index is 13.1. The van der Waals surface area contributed by atoms with Gasteiger partial charge in [-0.1, -0.05) is 24.3 Å². The second-order valence-electron chi connectivity index (χ2n) is 13.2. The van der Waals surface area contributed by atoms with E-state index in [4.69, 9.17) is 14.3 Å². The van der Waals surface area contributed by atoms with Crippen LogP contribution in [-0.2, 0) is 35.0 Å². The molecule has 1 aromatic rings. The van der Waals surface area contributed by atoms with Gasteiger partial charge < -0.3 is 9.47 Å². The molecule has 1 heterocycles. The molecule has 6 nitrogen and oxygen atoms in total. The standard InChI is InChI=1S/C30H43NO5/c1-28(2)23-9-7-8-10-24(23)29(3,4)31(28)36-25(27(33)35-6)14-22(26(32)34-5)18-30-15-19-11-20(16-30)13-21(12-19)17-30/h7-10,19-22,25H,11-18H2,1-6H3. The molecule has 0 spiro atoms. The van der Waals surface area contributed by atoms with Crippen LogP contribution < -0.4 is 0 Å². The van der Waals surface area contributed by atoms with Gasteiger partial charge in [-0.2, -0.15) is 5.06 Å². The van der Waals surface area contributed by atoms with Crippen molar-refractivity contribution in [2.45, 2.75) is 96.2 Å². The van der Waals surface area contributed by atoms with Crippen LogP contribution in [0.5, 0.6) is 0 Å². The number of carbonyl (C=O) groups excluding carboxylic acids is 2. The molecule has 0 amide bonds. The average Bonchev–Trinajstić information content (AvgIpc) is 2.98. The van der Waals surface area contributed by atoms with Gasteiger partial charge in [-0.3, -0.25) is 9.63 Å². The Kier molecular flexibility index (Phi) is 6.52. The van der Waals surface area contributed by atoms with Crippen LogP contribution in [0.2, 0.25) is 0 Å². The molecule has 1 aliphatic heterocycles. The molecule has 6 heteroatoms. The van der Waals surface area contributed by atoms with E-state index in [9.17, 15) is 9.59 Å². The van der Waals surface area contributed by atoms with Gasteiger partial charge in [-0.25, -0.2) is 4.79 Å². The predicted octanol–water partition coefficient (Wildman–Crippen LogP) is 5.73. The maximum Gasteiger partial charge on any atom is 0.337 e. The third kappa shape index (κ3) is 4.28. The van der Waals surface area contributed by atoms with Crippen molar-refractivity contribution in [1.82, 2.24) is 5.06 Å². The summed E-state index contributed by atoms with van der Waals surface area (Å²) in [6.07, 6.45) is 7.84. The van der Waals surface area contributed by atoms with Crippen molar-refractivity contribution in [1.29, 1.82) is 0 Å². The van der Waals surface area contributed by atoms with Gasteiger partial charge in [0.1, 0.15) is 0 Å². The fourth-order valence-electron chi connectivity index (χ4n) is 8.92. The van der Waals surface area contributed by atoms with E-state index in [0.29, 0.717) is 0 Å². The van der Waals surface area contributed by atoms with E-state index in [1.807, 2.05) is 17.2 Å². The minimum absolute atomic E-state index is 0.191. The number of nitrogens with zero attached hydrogens (tertiary/aromatic N) is 1. The predicted molar refractivity (Wildman–Crippen MR) is 137 cm³/mol. The van der Waals surface area contributed by atoms with E-state index in [1.165, 1.54) is 63.9 Å². The highest BCUT2D eigenvalue weighted by Crippen LogP contribution is 2.62. The lowest BCUT2D eigenvalue weighted by atomic mass is 9.48. The smallest absolute Gasteiger partial charge is 0.337 e. The van der Waals surface area contributed by atoms with Gasteiger partial charge in [-0.05, 0) is 113 Å². The average molecular weight is 498 g/mol. The Hall–Kier alpha value is -1.92. The van der Waals surface area contributed by atoms with Crippen LogP contribution >= 0.6 is 0 Å². The molecule has 4 aliphatic carbocycles. The van der Waals surface area contributed by atoms with Gasteiger partial charge in [0.05, 0.1) is 31.2 Å².